The Balaban J connectivity index is 5.84. The first-order chi connectivity index (χ1) is 14.1. The second-order valence-electron chi connectivity index (χ2n) is 8.54. The van der Waals surface area contributed by atoms with Gasteiger partial charge in [0, 0.05) is 25.0 Å². The first kappa shape index (κ1) is 28.4. The van der Waals surface area contributed by atoms with Crippen molar-refractivity contribution in [1.82, 2.24) is 0 Å². The zero-order valence-electron chi connectivity index (χ0n) is 20.7. The Labute approximate surface area is 183 Å². The minimum atomic E-state index is -0.490. The van der Waals surface area contributed by atoms with E-state index in [9.17, 15) is 0 Å². The summed E-state index contributed by atoms with van der Waals surface area (Å²) in [6.07, 6.45) is 24.4. The SMILES string of the molecule is CC=CCC(CC=CC)(CCCCCCCC)C(CCC)(OCCC)OCCC. The van der Waals surface area contributed by atoms with E-state index in [2.05, 4.69) is 65.8 Å². The van der Waals surface area contributed by atoms with E-state index in [1.807, 2.05) is 0 Å². The molecule has 0 saturated heterocycles. The molecule has 0 heterocycles. The van der Waals surface area contributed by atoms with Crippen molar-refractivity contribution in [2.45, 2.75) is 131 Å². The van der Waals surface area contributed by atoms with Crippen LogP contribution >= 0.6 is 0 Å². The molecule has 0 aromatic carbocycles. The van der Waals surface area contributed by atoms with Gasteiger partial charge in [-0.2, -0.15) is 0 Å². The van der Waals surface area contributed by atoms with Crippen LogP contribution in [-0.4, -0.2) is 19.0 Å². The van der Waals surface area contributed by atoms with Gasteiger partial charge < -0.3 is 9.47 Å². The van der Waals surface area contributed by atoms with E-state index in [1.54, 1.807) is 0 Å². The summed E-state index contributed by atoms with van der Waals surface area (Å²) >= 11 is 0. The predicted molar refractivity (Wildman–Crippen MR) is 129 cm³/mol. The smallest absolute Gasteiger partial charge is 0.174 e. The van der Waals surface area contributed by atoms with Crippen LogP contribution in [0.1, 0.15) is 125 Å². The van der Waals surface area contributed by atoms with E-state index in [1.165, 1.54) is 44.9 Å². The van der Waals surface area contributed by atoms with Crippen molar-refractivity contribution in [2.75, 3.05) is 13.2 Å². The fourth-order valence-electron chi connectivity index (χ4n) is 4.34. The lowest BCUT2D eigenvalue weighted by molar-refractivity contribution is -0.306. The second kappa shape index (κ2) is 18.2. The second-order valence-corrected chi connectivity index (χ2v) is 8.54. The fraction of sp³-hybridized carbons (Fsp3) is 0.852. The number of rotatable bonds is 20. The van der Waals surface area contributed by atoms with E-state index in [0.717, 1.165) is 51.7 Å². The molecule has 0 bridgehead atoms. The largest absolute Gasteiger partial charge is 0.349 e. The van der Waals surface area contributed by atoms with Gasteiger partial charge in [-0.3, -0.25) is 0 Å². The van der Waals surface area contributed by atoms with Crippen molar-refractivity contribution >= 4 is 0 Å². The molecular formula is C27H52O2. The normalized spacial score (nSPS) is 14.8. The van der Waals surface area contributed by atoms with E-state index in [0.29, 0.717) is 0 Å². The maximum atomic E-state index is 6.69. The maximum absolute atomic E-state index is 6.69. The summed E-state index contributed by atoms with van der Waals surface area (Å²) in [7, 11) is 0. The molecule has 0 saturated carbocycles. The van der Waals surface area contributed by atoms with Gasteiger partial charge in [-0.25, -0.2) is 0 Å². The van der Waals surface area contributed by atoms with Gasteiger partial charge in [-0.05, 0) is 46.0 Å². The topological polar surface area (TPSA) is 18.5 Å². The van der Waals surface area contributed by atoms with Crippen molar-refractivity contribution in [3.63, 3.8) is 0 Å². The quantitative estimate of drug-likeness (QED) is 0.114. The molecule has 0 fully saturated rings. The highest BCUT2D eigenvalue weighted by atomic mass is 16.7. The van der Waals surface area contributed by atoms with Crippen LogP contribution in [0.4, 0.5) is 0 Å². The molecule has 0 aromatic rings. The summed E-state index contributed by atoms with van der Waals surface area (Å²) < 4.78 is 13.4. The number of ether oxygens (including phenoxy) is 2. The van der Waals surface area contributed by atoms with Crippen LogP contribution in [0, 0.1) is 5.41 Å². The maximum Gasteiger partial charge on any atom is 0.174 e. The molecule has 0 unspecified atom stereocenters. The van der Waals surface area contributed by atoms with Gasteiger partial charge >= 0.3 is 0 Å². The Kier molecular flexibility index (Phi) is 17.8. The first-order valence-corrected chi connectivity index (χ1v) is 12.6. The molecule has 0 aliphatic heterocycles. The number of hydrogen-bond donors (Lipinski definition) is 0. The van der Waals surface area contributed by atoms with Crippen molar-refractivity contribution in [2.24, 2.45) is 5.41 Å². The number of allylic oxidation sites excluding steroid dienone is 4. The zero-order chi connectivity index (χ0) is 21.8. The lowest BCUT2D eigenvalue weighted by atomic mass is 9.68. The third-order valence-corrected chi connectivity index (χ3v) is 5.96. The Morgan fingerprint density at radius 3 is 1.55 bits per heavy atom. The van der Waals surface area contributed by atoms with Gasteiger partial charge in [0.2, 0.25) is 0 Å². The highest BCUT2D eigenvalue weighted by Crippen LogP contribution is 2.50. The van der Waals surface area contributed by atoms with Crippen molar-refractivity contribution in [3.8, 4) is 0 Å². The summed E-state index contributed by atoms with van der Waals surface area (Å²) in [6, 6.07) is 0. The molecule has 29 heavy (non-hydrogen) atoms. The molecule has 0 radical (unpaired) electrons. The lowest BCUT2D eigenvalue weighted by Crippen LogP contribution is -2.53. The summed E-state index contributed by atoms with van der Waals surface area (Å²) in [5.74, 6) is -0.490. The summed E-state index contributed by atoms with van der Waals surface area (Å²) in [6.45, 7) is 14.8. The average Bonchev–Trinajstić information content (AvgIpc) is 2.74. The Hall–Kier alpha value is -0.600. The van der Waals surface area contributed by atoms with Crippen molar-refractivity contribution in [3.05, 3.63) is 24.3 Å². The summed E-state index contributed by atoms with van der Waals surface area (Å²) in [5, 5.41) is 0. The molecule has 2 nitrogen and oxygen atoms in total. The molecule has 0 spiro atoms. The van der Waals surface area contributed by atoms with Gasteiger partial charge in [-0.15, -0.1) is 0 Å². The van der Waals surface area contributed by atoms with Crippen LogP contribution < -0.4 is 0 Å². The van der Waals surface area contributed by atoms with E-state index in [4.69, 9.17) is 9.47 Å². The van der Waals surface area contributed by atoms with Crippen molar-refractivity contribution in [1.29, 1.82) is 0 Å². The molecule has 0 N–H and O–H groups in total. The van der Waals surface area contributed by atoms with Crippen LogP contribution in [0.3, 0.4) is 0 Å². The molecule has 0 amide bonds. The highest BCUT2D eigenvalue weighted by molar-refractivity contribution is 5.03. The van der Waals surface area contributed by atoms with E-state index in [-0.39, 0.29) is 5.41 Å². The Morgan fingerprint density at radius 2 is 1.10 bits per heavy atom. The van der Waals surface area contributed by atoms with E-state index >= 15 is 0 Å². The fourth-order valence-corrected chi connectivity index (χ4v) is 4.34. The number of unbranched alkanes of at least 4 members (excludes halogenated alkanes) is 5. The molecule has 0 atom stereocenters. The third kappa shape index (κ3) is 10.3. The van der Waals surface area contributed by atoms with Crippen LogP contribution in [-0.2, 0) is 9.47 Å². The predicted octanol–water partition coefficient (Wildman–Crippen LogP) is 9.01. The van der Waals surface area contributed by atoms with E-state index < -0.39 is 5.79 Å². The van der Waals surface area contributed by atoms with Gasteiger partial charge in [0.05, 0.1) is 0 Å². The van der Waals surface area contributed by atoms with Gasteiger partial charge in [0.25, 0.3) is 0 Å². The molecule has 172 valence electrons. The Bertz CT molecular complexity index is 389. The molecule has 2 heteroatoms. The standard InChI is InChI=1S/C27H52O2/c1-7-13-16-17-18-19-23-26(21-14-8-2,22-15-9-3)27(20-10-4,28-24-11-5)29-25-12-6/h8-9,14-15H,7,10-13,16-25H2,1-6H3. The minimum absolute atomic E-state index is 0.00285. The molecule has 0 aliphatic rings. The van der Waals surface area contributed by atoms with Gasteiger partial charge in [0.1, 0.15) is 0 Å². The highest BCUT2D eigenvalue weighted by Gasteiger charge is 2.51. The lowest BCUT2D eigenvalue weighted by Gasteiger charge is -2.50. The monoisotopic (exact) mass is 408 g/mol. The van der Waals surface area contributed by atoms with Gasteiger partial charge in [-0.1, -0.05) is 96.9 Å². The summed E-state index contributed by atoms with van der Waals surface area (Å²) in [4.78, 5) is 0. The molecule has 0 aliphatic carbocycles. The summed E-state index contributed by atoms with van der Waals surface area (Å²) in [5.41, 5.74) is -0.00285. The van der Waals surface area contributed by atoms with Gasteiger partial charge in [0.15, 0.2) is 5.79 Å². The zero-order valence-corrected chi connectivity index (χ0v) is 20.7. The van der Waals surface area contributed by atoms with Crippen LogP contribution in [0.15, 0.2) is 24.3 Å². The molecular weight excluding hydrogens is 356 g/mol. The molecule has 0 aromatic heterocycles. The van der Waals surface area contributed by atoms with Crippen molar-refractivity contribution < 1.29 is 9.47 Å². The van der Waals surface area contributed by atoms with Crippen LogP contribution in [0.2, 0.25) is 0 Å². The minimum Gasteiger partial charge on any atom is -0.349 e. The number of hydrogen-bond acceptors (Lipinski definition) is 2. The molecule has 0 rings (SSSR count). The van der Waals surface area contributed by atoms with Crippen LogP contribution in [0.5, 0.6) is 0 Å². The Morgan fingerprint density at radius 1 is 0.586 bits per heavy atom. The first-order valence-electron chi connectivity index (χ1n) is 12.6. The van der Waals surface area contributed by atoms with Crippen LogP contribution in [0.25, 0.3) is 0 Å². The third-order valence-electron chi connectivity index (χ3n) is 5.96. The average molecular weight is 409 g/mol.